The minimum atomic E-state index is -0.628. The summed E-state index contributed by atoms with van der Waals surface area (Å²) >= 11 is 1.67. The van der Waals surface area contributed by atoms with Crippen LogP contribution in [0.3, 0.4) is 0 Å². The van der Waals surface area contributed by atoms with Crippen molar-refractivity contribution in [3.63, 3.8) is 0 Å². The average Bonchev–Trinajstić information content (AvgIpc) is 3.39. The zero-order chi connectivity index (χ0) is 22.0. The number of piperidine rings is 1. The molecule has 6 rings (SSSR count). The molecule has 0 aromatic carbocycles. The second kappa shape index (κ2) is 7.64. The minimum absolute atomic E-state index is 0.0587. The molecule has 1 heterocycles. The van der Waals surface area contributed by atoms with Crippen LogP contribution in [0.25, 0.3) is 0 Å². The molecule has 7 nitrogen and oxygen atoms in total. The maximum Gasteiger partial charge on any atom is 0.323 e. The number of hydrogen-bond donors (Lipinski definition) is 2. The lowest BCUT2D eigenvalue weighted by Gasteiger charge is -2.62. The van der Waals surface area contributed by atoms with E-state index < -0.39 is 17.7 Å². The standard InChI is InChI=1S/C23H34N4O3S/c1-31-3-2-17(25)21(29)30-23-9-13-4-14(10-23)8-22(7-13,12-23)19(26)20(28)27-16(11-24)5-15-6-18(15)27/h13-19H,2-10,12,25-26H2,1H3/t13-,14?,15?,16-,17?,18?,19+,22?,23?/m0/s1. The van der Waals surface area contributed by atoms with Crippen molar-refractivity contribution in [2.24, 2.45) is 34.6 Å². The summed E-state index contributed by atoms with van der Waals surface area (Å²) in [5, 5.41) is 9.54. The number of rotatable bonds is 7. The number of amides is 1. The average molecular weight is 447 g/mol. The van der Waals surface area contributed by atoms with Gasteiger partial charge in [0.2, 0.25) is 5.91 Å². The van der Waals surface area contributed by atoms with Gasteiger partial charge in [-0.1, -0.05) is 0 Å². The number of nitrogens with zero attached hydrogens (tertiary/aromatic N) is 2. The van der Waals surface area contributed by atoms with Crippen LogP contribution in [-0.2, 0) is 14.3 Å². The van der Waals surface area contributed by atoms with Crippen LogP contribution < -0.4 is 11.5 Å². The van der Waals surface area contributed by atoms with Crippen LogP contribution in [0.1, 0.15) is 57.8 Å². The molecule has 0 aromatic rings. The maximum absolute atomic E-state index is 13.5. The normalized spacial score (nSPS) is 43.8. The Morgan fingerprint density at radius 3 is 2.55 bits per heavy atom. The summed E-state index contributed by atoms with van der Waals surface area (Å²) < 4.78 is 6.16. The highest BCUT2D eigenvalue weighted by Gasteiger charge is 2.64. The molecule has 6 unspecified atom stereocenters. The van der Waals surface area contributed by atoms with E-state index in [1.54, 1.807) is 16.7 Å². The van der Waals surface area contributed by atoms with Gasteiger partial charge in [-0.2, -0.15) is 17.0 Å². The third kappa shape index (κ3) is 3.57. The molecule has 6 fully saturated rings. The second-order valence-corrected chi connectivity index (χ2v) is 12.0. The SMILES string of the molecule is CSCCC(N)C(=O)OC12CC3C[C@H](C1)CC([C@H](N)C(=O)N1C4CC4C[C@H]1C#N)(C3)C2. The number of fused-ring (bicyclic) bond motifs is 1. The van der Waals surface area contributed by atoms with Crippen LogP contribution in [0.4, 0.5) is 0 Å². The van der Waals surface area contributed by atoms with Crippen molar-refractivity contribution >= 4 is 23.6 Å². The molecule has 31 heavy (non-hydrogen) atoms. The highest BCUT2D eigenvalue weighted by molar-refractivity contribution is 7.98. The number of likely N-dealkylation sites (tertiary alicyclic amines) is 1. The zero-order valence-electron chi connectivity index (χ0n) is 18.3. The molecule has 9 atom stereocenters. The molecule has 4 bridgehead atoms. The van der Waals surface area contributed by atoms with Crippen molar-refractivity contribution in [2.75, 3.05) is 12.0 Å². The van der Waals surface area contributed by atoms with E-state index in [4.69, 9.17) is 16.2 Å². The van der Waals surface area contributed by atoms with Gasteiger partial charge in [-0.3, -0.25) is 9.59 Å². The van der Waals surface area contributed by atoms with E-state index in [1.165, 1.54) is 0 Å². The van der Waals surface area contributed by atoms with E-state index in [2.05, 4.69) is 6.07 Å². The van der Waals surface area contributed by atoms with Gasteiger partial charge >= 0.3 is 5.97 Å². The van der Waals surface area contributed by atoms with Crippen LogP contribution in [0, 0.1) is 34.5 Å². The molecular weight excluding hydrogens is 412 g/mol. The predicted molar refractivity (Wildman–Crippen MR) is 118 cm³/mol. The Balaban J connectivity index is 1.34. The molecule has 5 saturated carbocycles. The summed E-state index contributed by atoms with van der Waals surface area (Å²) in [6.45, 7) is 0. The van der Waals surface area contributed by atoms with E-state index in [9.17, 15) is 14.9 Å². The van der Waals surface area contributed by atoms with Crippen molar-refractivity contribution in [3.05, 3.63) is 0 Å². The molecule has 4 N–H and O–H groups in total. The van der Waals surface area contributed by atoms with E-state index in [-0.39, 0.29) is 29.4 Å². The Morgan fingerprint density at radius 1 is 1.19 bits per heavy atom. The molecular formula is C23H34N4O3S. The first-order valence-electron chi connectivity index (χ1n) is 11.7. The fourth-order valence-corrected chi connectivity index (χ4v) is 8.18. The highest BCUT2D eigenvalue weighted by atomic mass is 32.2. The Labute approximate surface area is 188 Å². The summed E-state index contributed by atoms with van der Waals surface area (Å²) in [6, 6.07) is 0.957. The first kappa shape index (κ1) is 21.5. The van der Waals surface area contributed by atoms with E-state index in [1.807, 2.05) is 6.26 Å². The van der Waals surface area contributed by atoms with E-state index >= 15 is 0 Å². The molecule has 5 aliphatic carbocycles. The third-order valence-electron chi connectivity index (χ3n) is 8.74. The molecule has 6 aliphatic rings. The van der Waals surface area contributed by atoms with Gasteiger partial charge in [0.15, 0.2) is 0 Å². The monoisotopic (exact) mass is 446 g/mol. The number of carbonyl (C=O) groups excluding carboxylic acids is 2. The van der Waals surface area contributed by atoms with Crippen molar-refractivity contribution < 1.29 is 14.3 Å². The fraction of sp³-hybridized carbons (Fsp3) is 0.870. The molecule has 1 saturated heterocycles. The van der Waals surface area contributed by atoms with Crippen LogP contribution in [-0.4, -0.2) is 58.6 Å². The topological polar surface area (TPSA) is 122 Å². The molecule has 1 aliphatic heterocycles. The number of nitrogens with two attached hydrogens (primary N) is 2. The first-order valence-corrected chi connectivity index (χ1v) is 13.1. The molecule has 1 amide bonds. The van der Waals surface area contributed by atoms with Crippen molar-refractivity contribution in [1.82, 2.24) is 4.90 Å². The summed E-state index contributed by atoms with van der Waals surface area (Å²) in [4.78, 5) is 28.1. The highest BCUT2D eigenvalue weighted by Crippen LogP contribution is 2.64. The van der Waals surface area contributed by atoms with Gasteiger partial charge < -0.3 is 21.1 Å². The molecule has 8 heteroatoms. The van der Waals surface area contributed by atoms with Gasteiger partial charge in [0.05, 0.1) is 12.1 Å². The van der Waals surface area contributed by atoms with Crippen molar-refractivity contribution in [3.8, 4) is 6.07 Å². The Bertz CT molecular complexity index is 799. The van der Waals surface area contributed by atoms with Gasteiger partial charge in [-0.05, 0) is 93.0 Å². The van der Waals surface area contributed by atoms with Crippen LogP contribution in [0.5, 0.6) is 0 Å². The number of ether oxygens (including phenoxy) is 1. The van der Waals surface area contributed by atoms with Crippen LogP contribution in [0.2, 0.25) is 0 Å². The minimum Gasteiger partial charge on any atom is -0.458 e. The van der Waals surface area contributed by atoms with Gasteiger partial charge in [-0.15, -0.1) is 0 Å². The number of thioether (sulfide) groups is 1. The fourth-order valence-electron chi connectivity index (χ4n) is 7.69. The van der Waals surface area contributed by atoms with Crippen molar-refractivity contribution in [2.45, 2.75) is 87.6 Å². The first-order chi connectivity index (χ1) is 14.8. The quantitative estimate of drug-likeness (QED) is 0.572. The predicted octanol–water partition coefficient (Wildman–Crippen LogP) is 1.79. The Kier molecular flexibility index (Phi) is 5.31. The van der Waals surface area contributed by atoms with Gasteiger partial charge in [0, 0.05) is 6.04 Å². The number of hydrogen-bond acceptors (Lipinski definition) is 7. The van der Waals surface area contributed by atoms with Gasteiger partial charge in [0.1, 0.15) is 17.7 Å². The number of carbonyl (C=O) groups is 2. The Hall–Kier alpha value is -1.30. The number of esters is 1. The van der Waals surface area contributed by atoms with Gasteiger partial charge in [0.25, 0.3) is 0 Å². The summed E-state index contributed by atoms with van der Waals surface area (Å²) in [5.74, 6) is 1.82. The smallest absolute Gasteiger partial charge is 0.323 e. The van der Waals surface area contributed by atoms with Crippen molar-refractivity contribution in [1.29, 1.82) is 5.26 Å². The molecule has 0 radical (unpaired) electrons. The Morgan fingerprint density at radius 2 is 1.90 bits per heavy atom. The summed E-state index contributed by atoms with van der Waals surface area (Å²) in [6.07, 6.45) is 9.76. The zero-order valence-corrected chi connectivity index (χ0v) is 19.1. The third-order valence-corrected chi connectivity index (χ3v) is 9.38. The molecule has 170 valence electrons. The molecule has 0 aromatic heterocycles. The molecule has 0 spiro atoms. The maximum atomic E-state index is 13.5. The van der Waals surface area contributed by atoms with Crippen LogP contribution in [0.15, 0.2) is 0 Å². The number of nitriles is 1. The largest absolute Gasteiger partial charge is 0.458 e. The van der Waals surface area contributed by atoms with Gasteiger partial charge in [-0.25, -0.2) is 0 Å². The van der Waals surface area contributed by atoms with Crippen LogP contribution >= 0.6 is 11.8 Å². The summed E-state index contributed by atoms with van der Waals surface area (Å²) in [5.41, 5.74) is 12.0. The lowest BCUT2D eigenvalue weighted by atomic mass is 9.46. The lowest BCUT2D eigenvalue weighted by molar-refractivity contribution is -0.207. The lowest BCUT2D eigenvalue weighted by Crippen LogP contribution is -2.66. The van der Waals surface area contributed by atoms with E-state index in [0.29, 0.717) is 30.6 Å². The summed E-state index contributed by atoms with van der Waals surface area (Å²) in [7, 11) is 0. The van der Waals surface area contributed by atoms with E-state index in [0.717, 1.165) is 50.7 Å². The second-order valence-electron chi connectivity index (χ2n) is 11.0.